The predicted octanol–water partition coefficient (Wildman–Crippen LogP) is 5.77. The van der Waals surface area contributed by atoms with E-state index >= 15 is 0 Å². The number of piperidine rings is 1. The minimum absolute atomic E-state index is 0.0659. The molecule has 29 heavy (non-hydrogen) atoms. The molecule has 1 aliphatic heterocycles. The number of carbonyl (C=O) groups excluding carboxylic acids is 1. The van der Waals surface area contributed by atoms with Crippen LogP contribution >= 0.6 is 22.9 Å². The lowest BCUT2D eigenvalue weighted by Crippen LogP contribution is -2.38. The lowest BCUT2D eigenvalue weighted by atomic mass is 9.93. The van der Waals surface area contributed by atoms with Gasteiger partial charge in [-0.3, -0.25) is 4.79 Å². The van der Waals surface area contributed by atoms with Crippen LogP contribution in [0.1, 0.15) is 60.7 Å². The third-order valence-electron chi connectivity index (χ3n) is 5.30. The molecular formula is C22H24ClN3O2S. The molecule has 0 radical (unpaired) electrons. The van der Waals surface area contributed by atoms with Gasteiger partial charge in [0.25, 0.3) is 5.91 Å². The summed E-state index contributed by atoms with van der Waals surface area (Å²) in [5.41, 5.74) is 2.36. The van der Waals surface area contributed by atoms with E-state index in [0.29, 0.717) is 35.5 Å². The number of rotatable bonds is 3. The average Bonchev–Trinajstić information content (AvgIpc) is 3.38. The number of hydrogen-bond donors (Lipinski definition) is 0. The second-order valence-corrected chi connectivity index (χ2v) is 9.75. The van der Waals surface area contributed by atoms with Crippen molar-refractivity contribution in [1.29, 1.82) is 0 Å². The second-order valence-electron chi connectivity index (χ2n) is 8.42. The Morgan fingerprint density at radius 3 is 2.52 bits per heavy atom. The molecule has 7 heteroatoms. The van der Waals surface area contributed by atoms with Crippen LogP contribution in [0, 0.1) is 0 Å². The average molecular weight is 430 g/mol. The number of halogens is 1. The van der Waals surface area contributed by atoms with Crippen molar-refractivity contribution in [2.45, 2.75) is 44.9 Å². The third-order valence-corrected chi connectivity index (χ3v) is 6.56. The first-order chi connectivity index (χ1) is 13.8. The molecular weight excluding hydrogens is 406 g/mol. The molecule has 0 unspecified atom stereocenters. The van der Waals surface area contributed by atoms with E-state index in [9.17, 15) is 4.79 Å². The van der Waals surface area contributed by atoms with Gasteiger partial charge in [-0.1, -0.05) is 32.4 Å². The fourth-order valence-corrected chi connectivity index (χ4v) is 4.85. The molecule has 0 spiro atoms. The van der Waals surface area contributed by atoms with E-state index in [1.165, 1.54) is 11.4 Å². The number of thiazole rings is 1. The zero-order chi connectivity index (χ0) is 20.6. The van der Waals surface area contributed by atoms with Crippen LogP contribution in [0.15, 0.2) is 40.5 Å². The Bertz CT molecular complexity index is 996. The Hall–Kier alpha value is -2.18. The quantitative estimate of drug-likeness (QED) is 0.530. The number of benzene rings is 1. The lowest BCUT2D eigenvalue weighted by Gasteiger charge is -2.30. The first kappa shape index (κ1) is 20.1. The van der Waals surface area contributed by atoms with E-state index in [0.717, 1.165) is 24.1 Å². The Morgan fingerprint density at radius 2 is 1.90 bits per heavy atom. The van der Waals surface area contributed by atoms with Gasteiger partial charge in [-0.2, -0.15) is 0 Å². The van der Waals surface area contributed by atoms with E-state index in [-0.39, 0.29) is 11.3 Å². The van der Waals surface area contributed by atoms with Gasteiger partial charge >= 0.3 is 0 Å². The van der Waals surface area contributed by atoms with Crippen LogP contribution in [0.5, 0.6) is 0 Å². The van der Waals surface area contributed by atoms with Crippen molar-refractivity contribution in [2.24, 2.45) is 0 Å². The van der Waals surface area contributed by atoms with Gasteiger partial charge in [0, 0.05) is 40.4 Å². The summed E-state index contributed by atoms with van der Waals surface area (Å²) >= 11 is 7.70. The maximum absolute atomic E-state index is 13.1. The summed E-state index contributed by atoms with van der Waals surface area (Å²) in [4.78, 5) is 24.0. The molecule has 152 valence electrons. The molecule has 4 rings (SSSR count). The maximum atomic E-state index is 13.1. The number of likely N-dealkylation sites (tertiary alicyclic amines) is 1. The van der Waals surface area contributed by atoms with E-state index in [4.69, 9.17) is 21.0 Å². The summed E-state index contributed by atoms with van der Waals surface area (Å²) in [6.07, 6.45) is 3.15. The van der Waals surface area contributed by atoms with Crippen molar-refractivity contribution in [1.82, 2.24) is 14.9 Å². The van der Waals surface area contributed by atoms with Gasteiger partial charge in [0.15, 0.2) is 17.8 Å². The zero-order valence-electron chi connectivity index (χ0n) is 16.8. The van der Waals surface area contributed by atoms with Crippen LogP contribution < -0.4 is 0 Å². The molecule has 3 heterocycles. The first-order valence-electron chi connectivity index (χ1n) is 9.77. The molecule has 0 N–H and O–H groups in total. The molecule has 5 nitrogen and oxygen atoms in total. The van der Waals surface area contributed by atoms with Crippen molar-refractivity contribution in [2.75, 3.05) is 13.1 Å². The van der Waals surface area contributed by atoms with E-state index in [1.54, 1.807) is 23.5 Å². The van der Waals surface area contributed by atoms with Crippen LogP contribution in [-0.2, 0) is 5.41 Å². The van der Waals surface area contributed by atoms with E-state index < -0.39 is 0 Å². The Balaban J connectivity index is 1.44. The van der Waals surface area contributed by atoms with Crippen LogP contribution in [0.4, 0.5) is 0 Å². The highest BCUT2D eigenvalue weighted by molar-refractivity contribution is 7.09. The summed E-state index contributed by atoms with van der Waals surface area (Å²) in [5, 5.41) is 3.99. The molecule has 1 amide bonds. The number of carbonyl (C=O) groups is 1. The zero-order valence-corrected chi connectivity index (χ0v) is 18.4. The maximum Gasteiger partial charge on any atom is 0.276 e. The number of oxazole rings is 1. The molecule has 1 fully saturated rings. The highest BCUT2D eigenvalue weighted by Gasteiger charge is 2.30. The Labute approximate surface area is 179 Å². The molecule has 1 saturated heterocycles. The predicted molar refractivity (Wildman–Crippen MR) is 116 cm³/mol. The first-order valence-corrected chi connectivity index (χ1v) is 11.0. The minimum atomic E-state index is -0.0864. The second kappa shape index (κ2) is 7.92. The van der Waals surface area contributed by atoms with Crippen LogP contribution in [0.2, 0.25) is 5.02 Å². The van der Waals surface area contributed by atoms with E-state index in [1.807, 2.05) is 17.0 Å². The summed E-state index contributed by atoms with van der Waals surface area (Å²) < 4.78 is 5.52. The van der Waals surface area contributed by atoms with Gasteiger partial charge in [-0.05, 0) is 37.1 Å². The molecule has 1 aliphatic rings. The van der Waals surface area contributed by atoms with Crippen LogP contribution in [0.25, 0.3) is 11.3 Å². The summed E-state index contributed by atoms with van der Waals surface area (Å²) in [7, 11) is 0. The van der Waals surface area contributed by atoms with Gasteiger partial charge < -0.3 is 9.32 Å². The number of nitrogens with zero attached hydrogens (tertiary/aromatic N) is 3. The monoisotopic (exact) mass is 429 g/mol. The van der Waals surface area contributed by atoms with Crippen molar-refractivity contribution in [3.63, 3.8) is 0 Å². The lowest BCUT2D eigenvalue weighted by molar-refractivity contribution is 0.0708. The third kappa shape index (κ3) is 4.23. The van der Waals surface area contributed by atoms with Gasteiger partial charge in [0.1, 0.15) is 0 Å². The normalized spacial score (nSPS) is 15.7. The topological polar surface area (TPSA) is 59.2 Å². The number of hydrogen-bond acceptors (Lipinski definition) is 5. The Morgan fingerprint density at radius 1 is 1.21 bits per heavy atom. The number of amides is 1. The molecule has 0 aliphatic carbocycles. The van der Waals surface area contributed by atoms with Crippen molar-refractivity contribution < 1.29 is 9.21 Å². The highest BCUT2D eigenvalue weighted by atomic mass is 35.5. The number of aromatic nitrogens is 2. The largest absolute Gasteiger partial charge is 0.443 e. The fraction of sp³-hybridized carbons (Fsp3) is 0.409. The van der Waals surface area contributed by atoms with Gasteiger partial charge in [-0.15, -0.1) is 11.3 Å². The fourth-order valence-electron chi connectivity index (χ4n) is 3.50. The van der Waals surface area contributed by atoms with Gasteiger partial charge in [-0.25, -0.2) is 9.97 Å². The SMILES string of the molecule is CC(C)(C)c1csc(C2CCN(C(=O)c3ncoc3-c3ccc(Cl)cc3)CC2)n1. The standard InChI is InChI=1S/C22H24ClN3O2S/c1-22(2,3)17-12-29-20(25-17)15-8-10-26(11-9-15)21(27)18-19(28-13-24-18)14-4-6-16(23)7-5-14/h4-7,12-13,15H,8-11H2,1-3H3. The van der Waals surface area contributed by atoms with Gasteiger partial charge in [0.05, 0.1) is 10.7 Å². The molecule has 0 bridgehead atoms. The molecule has 3 aromatic rings. The van der Waals surface area contributed by atoms with Crippen molar-refractivity contribution >= 4 is 28.8 Å². The molecule has 0 atom stereocenters. The molecule has 2 aromatic heterocycles. The smallest absolute Gasteiger partial charge is 0.276 e. The van der Waals surface area contributed by atoms with Crippen LogP contribution in [0.3, 0.4) is 0 Å². The van der Waals surface area contributed by atoms with E-state index in [2.05, 4.69) is 31.1 Å². The molecule has 0 saturated carbocycles. The highest BCUT2D eigenvalue weighted by Crippen LogP contribution is 2.34. The van der Waals surface area contributed by atoms with Crippen molar-refractivity contribution in [3.05, 3.63) is 57.5 Å². The molecule has 1 aromatic carbocycles. The van der Waals surface area contributed by atoms with Gasteiger partial charge in [0.2, 0.25) is 0 Å². The Kier molecular flexibility index (Phi) is 5.49. The summed E-state index contributed by atoms with van der Waals surface area (Å²) in [6.45, 7) is 7.94. The summed E-state index contributed by atoms with van der Waals surface area (Å²) in [5.74, 6) is 0.813. The van der Waals surface area contributed by atoms with Crippen LogP contribution in [-0.4, -0.2) is 33.9 Å². The minimum Gasteiger partial charge on any atom is -0.443 e. The van der Waals surface area contributed by atoms with Crippen molar-refractivity contribution in [3.8, 4) is 11.3 Å². The summed E-state index contributed by atoms with van der Waals surface area (Å²) in [6, 6.07) is 7.22.